The van der Waals surface area contributed by atoms with Crippen molar-refractivity contribution in [1.82, 2.24) is 5.32 Å². The Bertz CT molecular complexity index is 467. The molecule has 3 N–H and O–H groups in total. The molecule has 0 saturated carbocycles. The zero-order valence-electron chi connectivity index (χ0n) is 11.8. The maximum atomic E-state index is 12.0. The number of rotatable bonds is 6. The Morgan fingerprint density at radius 1 is 1.58 bits per heavy atom. The van der Waals surface area contributed by atoms with Gasteiger partial charge in [0.2, 0.25) is 0 Å². The number of anilines is 2. The van der Waals surface area contributed by atoms with Crippen LogP contribution in [0.5, 0.6) is 5.75 Å². The Balaban J connectivity index is 3.13. The van der Waals surface area contributed by atoms with Crippen LogP contribution in [0.4, 0.5) is 10.7 Å². The number of nitrogen functional groups attached to an aromatic ring is 1. The molecule has 6 heteroatoms. The first-order valence-electron chi connectivity index (χ1n) is 6.03. The maximum Gasteiger partial charge on any atom is 0.263 e. The number of ether oxygens (including phenoxy) is 1. The van der Waals surface area contributed by atoms with Gasteiger partial charge in [0.05, 0.1) is 6.10 Å². The molecule has 0 aliphatic rings. The Hall–Kier alpha value is -1.69. The van der Waals surface area contributed by atoms with E-state index in [9.17, 15) is 4.79 Å². The van der Waals surface area contributed by atoms with E-state index >= 15 is 0 Å². The Morgan fingerprint density at radius 3 is 2.68 bits per heavy atom. The van der Waals surface area contributed by atoms with Crippen molar-refractivity contribution >= 4 is 27.9 Å². The number of nitrogens with two attached hydrogens (primary N) is 1. The summed E-state index contributed by atoms with van der Waals surface area (Å²) in [5, 5.41) is 3.56. The normalized spacial score (nSPS) is 10.4. The molecule has 0 saturated heterocycles. The molecular weight excluding hydrogens is 262 g/mol. The van der Waals surface area contributed by atoms with Gasteiger partial charge in [0.15, 0.2) is 5.75 Å². The van der Waals surface area contributed by atoms with Crippen LogP contribution in [-0.2, 0) is 0 Å². The number of hydrogen-bond donors (Lipinski definition) is 2. The minimum atomic E-state index is -0.205. The van der Waals surface area contributed by atoms with Gasteiger partial charge in [-0.1, -0.05) is 6.08 Å². The summed E-state index contributed by atoms with van der Waals surface area (Å²) in [6.07, 6.45) is 1.62. The minimum Gasteiger partial charge on any atom is -0.486 e. The fourth-order valence-corrected chi connectivity index (χ4v) is 2.47. The van der Waals surface area contributed by atoms with Gasteiger partial charge < -0.3 is 20.7 Å². The topological polar surface area (TPSA) is 67.6 Å². The second-order valence-corrected chi connectivity index (χ2v) is 5.54. The van der Waals surface area contributed by atoms with Crippen molar-refractivity contribution in [1.29, 1.82) is 0 Å². The van der Waals surface area contributed by atoms with Gasteiger partial charge in [-0.25, -0.2) is 0 Å². The molecule has 106 valence electrons. The second kappa shape index (κ2) is 6.47. The zero-order chi connectivity index (χ0) is 14.6. The molecule has 1 aromatic heterocycles. The lowest BCUT2D eigenvalue weighted by Gasteiger charge is -2.15. The molecule has 0 bridgehead atoms. The van der Waals surface area contributed by atoms with Crippen LogP contribution in [0.3, 0.4) is 0 Å². The van der Waals surface area contributed by atoms with Gasteiger partial charge in [0.25, 0.3) is 5.91 Å². The molecule has 0 spiro atoms. The molecule has 0 atom stereocenters. The number of hydrogen-bond acceptors (Lipinski definition) is 5. The average molecular weight is 283 g/mol. The zero-order valence-corrected chi connectivity index (χ0v) is 12.6. The van der Waals surface area contributed by atoms with Gasteiger partial charge in [-0.15, -0.1) is 17.9 Å². The molecule has 0 fully saturated rings. The number of nitrogens with one attached hydrogen (secondary N) is 1. The number of carbonyl (C=O) groups is 1. The van der Waals surface area contributed by atoms with Gasteiger partial charge in [-0.2, -0.15) is 0 Å². The average Bonchev–Trinajstić information content (AvgIpc) is 2.64. The van der Waals surface area contributed by atoms with Gasteiger partial charge >= 0.3 is 0 Å². The van der Waals surface area contributed by atoms with Gasteiger partial charge in [-0.3, -0.25) is 4.79 Å². The summed E-state index contributed by atoms with van der Waals surface area (Å²) in [5.74, 6) is 0.373. The number of nitrogens with zero attached hydrogens (tertiary/aromatic N) is 1. The molecule has 1 aromatic rings. The van der Waals surface area contributed by atoms with E-state index in [1.807, 2.05) is 32.8 Å². The van der Waals surface area contributed by atoms with Crippen molar-refractivity contribution in [3.05, 3.63) is 17.5 Å². The standard InChI is InChI=1S/C13H21N3O2S/c1-6-7-15-12(17)11-9(14)10(18-8(2)3)13(19-11)16(4)5/h6,8H,1,7,14H2,2-5H3,(H,15,17). The Morgan fingerprint density at radius 2 is 2.21 bits per heavy atom. The monoisotopic (exact) mass is 283 g/mol. The van der Waals surface area contributed by atoms with Crippen LogP contribution in [-0.4, -0.2) is 32.7 Å². The van der Waals surface area contributed by atoms with Crippen LogP contribution in [0.2, 0.25) is 0 Å². The highest BCUT2D eigenvalue weighted by Crippen LogP contribution is 2.44. The predicted octanol–water partition coefficient (Wildman–Crippen LogP) is 2.10. The Kier molecular flexibility index (Phi) is 5.23. The molecular formula is C13H21N3O2S. The van der Waals surface area contributed by atoms with Crippen molar-refractivity contribution in [2.45, 2.75) is 20.0 Å². The van der Waals surface area contributed by atoms with E-state index in [1.54, 1.807) is 6.08 Å². The largest absolute Gasteiger partial charge is 0.486 e. The Labute approximate surface area is 118 Å². The summed E-state index contributed by atoms with van der Waals surface area (Å²) in [4.78, 5) is 14.4. The summed E-state index contributed by atoms with van der Waals surface area (Å²) in [6.45, 7) is 7.82. The predicted molar refractivity (Wildman–Crippen MR) is 81.4 cm³/mol. The molecule has 1 rings (SSSR count). The first kappa shape index (κ1) is 15.4. The van der Waals surface area contributed by atoms with Crippen LogP contribution in [0, 0.1) is 0 Å². The molecule has 0 aromatic carbocycles. The molecule has 1 amide bonds. The summed E-state index contributed by atoms with van der Waals surface area (Å²) >= 11 is 1.32. The first-order valence-corrected chi connectivity index (χ1v) is 6.85. The van der Waals surface area contributed by atoms with Crippen molar-refractivity contribution in [2.75, 3.05) is 31.3 Å². The van der Waals surface area contributed by atoms with E-state index in [2.05, 4.69) is 11.9 Å². The summed E-state index contributed by atoms with van der Waals surface area (Å²) in [5.41, 5.74) is 6.43. The summed E-state index contributed by atoms with van der Waals surface area (Å²) in [7, 11) is 3.79. The first-order chi connectivity index (χ1) is 8.88. The van der Waals surface area contributed by atoms with E-state index in [4.69, 9.17) is 10.5 Å². The van der Waals surface area contributed by atoms with E-state index in [0.29, 0.717) is 22.9 Å². The fraction of sp³-hybridized carbons (Fsp3) is 0.462. The number of thiophene rings is 1. The van der Waals surface area contributed by atoms with E-state index in [0.717, 1.165) is 5.00 Å². The highest BCUT2D eigenvalue weighted by Gasteiger charge is 2.23. The van der Waals surface area contributed by atoms with Crippen LogP contribution in [0.25, 0.3) is 0 Å². The molecule has 0 radical (unpaired) electrons. The molecule has 1 heterocycles. The lowest BCUT2D eigenvalue weighted by atomic mass is 10.3. The number of amides is 1. The lowest BCUT2D eigenvalue weighted by Crippen LogP contribution is -2.23. The van der Waals surface area contributed by atoms with E-state index in [1.165, 1.54) is 11.3 Å². The van der Waals surface area contributed by atoms with Crippen LogP contribution in [0.1, 0.15) is 23.5 Å². The third-order valence-electron chi connectivity index (χ3n) is 2.26. The summed E-state index contributed by atoms with van der Waals surface area (Å²) < 4.78 is 5.72. The quantitative estimate of drug-likeness (QED) is 0.785. The third kappa shape index (κ3) is 3.64. The fourth-order valence-electron chi connectivity index (χ4n) is 1.47. The number of carbonyl (C=O) groups excluding carboxylic acids is 1. The molecule has 0 aliphatic heterocycles. The van der Waals surface area contributed by atoms with Crippen LogP contribution in [0.15, 0.2) is 12.7 Å². The van der Waals surface area contributed by atoms with Gasteiger partial charge in [0, 0.05) is 20.6 Å². The molecule has 0 unspecified atom stereocenters. The second-order valence-electron chi connectivity index (χ2n) is 4.54. The highest BCUT2D eigenvalue weighted by molar-refractivity contribution is 7.19. The SMILES string of the molecule is C=CCNC(=O)c1sc(N(C)C)c(OC(C)C)c1N. The van der Waals surface area contributed by atoms with Crippen molar-refractivity contribution < 1.29 is 9.53 Å². The molecule has 5 nitrogen and oxygen atoms in total. The van der Waals surface area contributed by atoms with Crippen LogP contribution < -0.4 is 20.7 Å². The maximum absolute atomic E-state index is 12.0. The van der Waals surface area contributed by atoms with E-state index < -0.39 is 0 Å². The molecule has 19 heavy (non-hydrogen) atoms. The van der Waals surface area contributed by atoms with Gasteiger partial charge in [0.1, 0.15) is 15.6 Å². The highest BCUT2D eigenvalue weighted by atomic mass is 32.1. The molecule has 0 aliphatic carbocycles. The van der Waals surface area contributed by atoms with Crippen LogP contribution >= 0.6 is 11.3 Å². The van der Waals surface area contributed by atoms with Crippen molar-refractivity contribution in [3.63, 3.8) is 0 Å². The summed E-state index contributed by atoms with van der Waals surface area (Å²) in [6, 6.07) is 0. The van der Waals surface area contributed by atoms with Crippen molar-refractivity contribution in [2.24, 2.45) is 0 Å². The lowest BCUT2D eigenvalue weighted by molar-refractivity contribution is 0.0962. The van der Waals surface area contributed by atoms with Gasteiger partial charge in [-0.05, 0) is 13.8 Å². The van der Waals surface area contributed by atoms with Crippen molar-refractivity contribution in [3.8, 4) is 5.75 Å². The van der Waals surface area contributed by atoms with E-state index in [-0.39, 0.29) is 12.0 Å². The third-order valence-corrected chi connectivity index (χ3v) is 3.61. The minimum absolute atomic E-state index is 0.000290. The smallest absolute Gasteiger partial charge is 0.263 e.